The van der Waals surface area contributed by atoms with E-state index in [1.807, 2.05) is 54.6 Å². The lowest BCUT2D eigenvalue weighted by Crippen LogP contribution is -2.17. The zero-order valence-corrected chi connectivity index (χ0v) is 16.8. The Morgan fingerprint density at radius 2 is 1.40 bits per heavy atom. The molecule has 1 fully saturated rings. The van der Waals surface area contributed by atoms with Gasteiger partial charge in [-0.1, -0.05) is 78.9 Å². The molecule has 2 heterocycles. The Balaban J connectivity index is 1.72. The first-order valence-electron chi connectivity index (χ1n) is 9.65. The summed E-state index contributed by atoms with van der Waals surface area (Å²) in [6.07, 6.45) is 3.87. The van der Waals surface area contributed by atoms with Gasteiger partial charge in [0.2, 0.25) is 0 Å². The second-order valence-corrected chi connectivity index (χ2v) is 8.10. The highest BCUT2D eigenvalue weighted by Gasteiger charge is 2.26. The molecule has 30 heavy (non-hydrogen) atoms. The maximum absolute atomic E-state index is 12.1. The Morgan fingerprint density at radius 3 is 2.00 bits per heavy atom. The minimum absolute atomic E-state index is 0.0175. The number of fused-ring (bicyclic) bond motifs is 1. The van der Waals surface area contributed by atoms with Crippen LogP contribution in [0, 0.1) is 0 Å². The summed E-state index contributed by atoms with van der Waals surface area (Å²) >= 11 is 0.940. The summed E-state index contributed by atoms with van der Waals surface area (Å²) in [5.74, 6) is -0.343. The Hall–Kier alpha value is -3.57. The number of carbonyl (C=O) groups excluding carboxylic acids is 2. The van der Waals surface area contributed by atoms with E-state index in [1.54, 1.807) is 6.08 Å². The van der Waals surface area contributed by atoms with Gasteiger partial charge in [-0.05, 0) is 35.0 Å². The first kappa shape index (κ1) is 18.5. The van der Waals surface area contributed by atoms with Crippen molar-refractivity contribution >= 4 is 39.9 Å². The second-order valence-electron chi connectivity index (χ2n) is 7.08. The van der Waals surface area contributed by atoms with Crippen LogP contribution in [0.5, 0.6) is 0 Å². The Morgan fingerprint density at radius 1 is 0.800 bits per heavy atom. The lowest BCUT2D eigenvalue weighted by Gasteiger charge is -2.21. The maximum atomic E-state index is 12.1. The highest BCUT2D eigenvalue weighted by atomic mass is 32.2. The van der Waals surface area contributed by atoms with Gasteiger partial charge < -0.3 is 4.57 Å². The summed E-state index contributed by atoms with van der Waals surface area (Å²) in [6.45, 7) is 0. The van der Waals surface area contributed by atoms with Crippen molar-refractivity contribution in [3.05, 3.63) is 113 Å². The smallest absolute Gasteiger partial charge is 0.290 e. The quantitative estimate of drug-likeness (QED) is 0.445. The van der Waals surface area contributed by atoms with Gasteiger partial charge in [0.15, 0.2) is 0 Å². The van der Waals surface area contributed by atoms with E-state index in [0.29, 0.717) is 4.91 Å². The van der Waals surface area contributed by atoms with Crippen molar-refractivity contribution in [2.45, 2.75) is 6.04 Å². The summed E-state index contributed by atoms with van der Waals surface area (Å²) in [5.41, 5.74) is 4.32. The van der Waals surface area contributed by atoms with Gasteiger partial charge in [-0.25, -0.2) is 0 Å². The molecule has 0 saturated carbocycles. The Bertz CT molecular complexity index is 1240. The van der Waals surface area contributed by atoms with E-state index in [-0.39, 0.29) is 17.2 Å². The minimum atomic E-state index is -0.343. The minimum Gasteiger partial charge on any atom is -0.335 e. The van der Waals surface area contributed by atoms with Crippen molar-refractivity contribution < 1.29 is 9.59 Å². The second kappa shape index (κ2) is 7.69. The van der Waals surface area contributed by atoms with E-state index in [2.05, 4.69) is 46.4 Å². The molecule has 4 aromatic rings. The van der Waals surface area contributed by atoms with Gasteiger partial charge in [-0.15, -0.1) is 0 Å². The van der Waals surface area contributed by atoms with Crippen LogP contribution in [0.25, 0.3) is 17.0 Å². The Kier molecular flexibility index (Phi) is 4.73. The predicted octanol–water partition coefficient (Wildman–Crippen LogP) is 5.60. The van der Waals surface area contributed by atoms with E-state index in [4.69, 9.17) is 0 Å². The number of imide groups is 1. The van der Waals surface area contributed by atoms with Crippen LogP contribution < -0.4 is 5.32 Å². The fourth-order valence-corrected chi connectivity index (χ4v) is 4.58. The molecule has 146 valence electrons. The van der Waals surface area contributed by atoms with E-state index in [9.17, 15) is 9.59 Å². The van der Waals surface area contributed by atoms with E-state index in [1.165, 1.54) is 11.1 Å². The van der Waals surface area contributed by atoms with Gasteiger partial charge in [0.1, 0.15) is 0 Å². The average molecular weight is 410 g/mol. The average Bonchev–Trinajstić information content (AvgIpc) is 3.29. The van der Waals surface area contributed by atoms with Crippen LogP contribution in [0.1, 0.15) is 22.7 Å². The third-order valence-electron chi connectivity index (χ3n) is 5.21. The summed E-state index contributed by atoms with van der Waals surface area (Å²) in [4.78, 5) is 24.1. The summed E-state index contributed by atoms with van der Waals surface area (Å²) in [5, 5.41) is 3.03. The van der Waals surface area contributed by atoms with Crippen molar-refractivity contribution in [2.75, 3.05) is 0 Å². The summed E-state index contributed by atoms with van der Waals surface area (Å²) in [7, 11) is 0. The zero-order valence-electron chi connectivity index (χ0n) is 16.0. The molecule has 0 aliphatic carbocycles. The number of hydrogen-bond donors (Lipinski definition) is 1. The molecule has 1 aliphatic heterocycles. The van der Waals surface area contributed by atoms with Crippen LogP contribution in [0.4, 0.5) is 4.79 Å². The lowest BCUT2D eigenvalue weighted by molar-refractivity contribution is -0.115. The number of amides is 2. The van der Waals surface area contributed by atoms with Crippen molar-refractivity contribution in [3.63, 3.8) is 0 Å². The SMILES string of the molecule is O=C1NC(=O)/C(=C/c2cn(C(c3ccccc3)c3ccccc3)c3ccccc23)S1. The standard InChI is InChI=1S/C25H18N2O2S/c28-24-22(30-25(29)26-24)15-19-16-27(21-14-8-7-13-20(19)21)23(17-9-3-1-4-10-17)18-11-5-2-6-12-18/h1-16,23H,(H,26,28,29)/b22-15-. The molecule has 0 spiro atoms. The van der Waals surface area contributed by atoms with Crippen molar-refractivity contribution in [3.8, 4) is 0 Å². The molecule has 4 nitrogen and oxygen atoms in total. The molecule has 1 aromatic heterocycles. The molecule has 2 amide bonds. The molecule has 0 atom stereocenters. The van der Waals surface area contributed by atoms with Gasteiger partial charge in [0.25, 0.3) is 11.1 Å². The fraction of sp³-hybridized carbons (Fsp3) is 0.0400. The number of aromatic nitrogens is 1. The molecule has 0 unspecified atom stereocenters. The van der Waals surface area contributed by atoms with Crippen LogP contribution in [-0.4, -0.2) is 15.7 Å². The zero-order chi connectivity index (χ0) is 20.5. The van der Waals surface area contributed by atoms with Crippen molar-refractivity contribution in [2.24, 2.45) is 0 Å². The van der Waals surface area contributed by atoms with E-state index in [0.717, 1.165) is 28.2 Å². The highest BCUT2D eigenvalue weighted by molar-refractivity contribution is 8.18. The lowest BCUT2D eigenvalue weighted by atomic mass is 9.98. The predicted molar refractivity (Wildman–Crippen MR) is 121 cm³/mol. The van der Waals surface area contributed by atoms with Gasteiger partial charge in [0, 0.05) is 22.7 Å². The molecule has 0 radical (unpaired) electrons. The first-order chi connectivity index (χ1) is 14.7. The number of thioether (sulfide) groups is 1. The first-order valence-corrected chi connectivity index (χ1v) is 10.5. The molecular weight excluding hydrogens is 392 g/mol. The number of rotatable bonds is 4. The van der Waals surface area contributed by atoms with Gasteiger partial charge in [0.05, 0.1) is 10.9 Å². The molecule has 1 saturated heterocycles. The van der Waals surface area contributed by atoms with Crippen LogP contribution in [0.3, 0.4) is 0 Å². The normalized spacial score (nSPS) is 15.3. The van der Waals surface area contributed by atoms with Gasteiger partial charge >= 0.3 is 0 Å². The summed E-state index contributed by atoms with van der Waals surface area (Å²) < 4.78 is 2.24. The number of nitrogens with zero attached hydrogens (tertiary/aromatic N) is 1. The number of benzene rings is 3. The maximum Gasteiger partial charge on any atom is 0.290 e. The van der Waals surface area contributed by atoms with Crippen LogP contribution in [0.15, 0.2) is 96.0 Å². The van der Waals surface area contributed by atoms with Crippen LogP contribution >= 0.6 is 11.8 Å². The third-order valence-corrected chi connectivity index (χ3v) is 6.02. The molecule has 0 bridgehead atoms. The molecule has 5 rings (SSSR count). The largest absolute Gasteiger partial charge is 0.335 e. The van der Waals surface area contributed by atoms with E-state index < -0.39 is 0 Å². The fourth-order valence-electron chi connectivity index (χ4n) is 3.91. The number of carbonyl (C=O) groups is 2. The molecular formula is C25H18N2O2S. The monoisotopic (exact) mass is 410 g/mol. The summed E-state index contributed by atoms with van der Waals surface area (Å²) in [6, 6.07) is 28.9. The number of nitrogens with one attached hydrogen (secondary N) is 1. The molecule has 1 aliphatic rings. The number of hydrogen-bond acceptors (Lipinski definition) is 3. The number of para-hydroxylation sites is 1. The molecule has 3 aromatic carbocycles. The molecule has 1 N–H and O–H groups in total. The highest BCUT2D eigenvalue weighted by Crippen LogP contribution is 2.35. The van der Waals surface area contributed by atoms with Crippen LogP contribution in [0.2, 0.25) is 0 Å². The van der Waals surface area contributed by atoms with Gasteiger partial charge in [-0.3, -0.25) is 14.9 Å². The van der Waals surface area contributed by atoms with Crippen LogP contribution in [-0.2, 0) is 4.79 Å². The van der Waals surface area contributed by atoms with E-state index >= 15 is 0 Å². The van der Waals surface area contributed by atoms with Crippen molar-refractivity contribution in [1.29, 1.82) is 0 Å². The Labute approximate surface area is 178 Å². The molecule has 5 heteroatoms. The topological polar surface area (TPSA) is 51.1 Å². The van der Waals surface area contributed by atoms with Gasteiger partial charge in [-0.2, -0.15) is 0 Å². The van der Waals surface area contributed by atoms with Crippen molar-refractivity contribution in [1.82, 2.24) is 9.88 Å². The third kappa shape index (κ3) is 3.33.